The number of unbranched alkanes of at least 4 members (excludes halogenated alkanes) is 2. The van der Waals surface area contributed by atoms with E-state index in [1.165, 1.54) is 31.4 Å². The molecule has 0 unspecified atom stereocenters. The lowest BCUT2D eigenvalue weighted by molar-refractivity contribution is -0.0326. The normalized spacial score (nSPS) is 20.2. The third kappa shape index (κ3) is 8.32. The number of halogens is 2. The van der Waals surface area contributed by atoms with Crippen LogP contribution < -0.4 is 4.74 Å². The van der Waals surface area contributed by atoms with Crippen LogP contribution in [0.15, 0.2) is 29.8 Å². The Bertz CT molecular complexity index is 617. The second-order valence-electron chi connectivity index (χ2n) is 7.92. The van der Waals surface area contributed by atoms with Gasteiger partial charge in [0.15, 0.2) is 0 Å². The maximum atomic E-state index is 6.27. The molecular weight excluding hydrogens is 393 g/mol. The molecule has 1 saturated heterocycles. The van der Waals surface area contributed by atoms with Crippen molar-refractivity contribution in [1.29, 1.82) is 0 Å². The molecule has 0 bridgehead atoms. The van der Waals surface area contributed by atoms with Gasteiger partial charge in [0.2, 0.25) is 0 Å². The van der Waals surface area contributed by atoms with Gasteiger partial charge < -0.3 is 14.4 Å². The van der Waals surface area contributed by atoms with Gasteiger partial charge in [-0.1, -0.05) is 54.6 Å². The zero-order valence-electron chi connectivity index (χ0n) is 17.6. The lowest BCUT2D eigenvalue weighted by Crippen LogP contribution is -2.46. The van der Waals surface area contributed by atoms with Crippen molar-refractivity contribution in [2.24, 2.45) is 5.92 Å². The average Bonchev–Trinajstić information content (AvgIpc) is 2.66. The highest BCUT2D eigenvalue weighted by molar-refractivity contribution is 6.42. The van der Waals surface area contributed by atoms with Crippen LogP contribution in [0.2, 0.25) is 10.0 Å². The summed E-state index contributed by atoms with van der Waals surface area (Å²) in [4.78, 5) is 2.57. The Balaban J connectivity index is 1.85. The molecule has 0 saturated carbocycles. The topological polar surface area (TPSA) is 21.7 Å². The van der Waals surface area contributed by atoms with Crippen molar-refractivity contribution in [2.75, 3.05) is 32.8 Å². The standard InChI is InChI=1S/C23H35Cl2NO2/c1-4-5-6-12-26-13-9-19(23(17-26)28-14-10-18(2)3)11-15-27-20-7-8-21(24)22(25)16-20/h7-8,10,16,19,23H,4-6,9,11-15,17H2,1-3H3/t19-,23-/m0/s1. The largest absolute Gasteiger partial charge is 0.494 e. The molecule has 28 heavy (non-hydrogen) atoms. The van der Waals surface area contributed by atoms with Crippen molar-refractivity contribution in [3.63, 3.8) is 0 Å². The molecule has 2 rings (SSSR count). The van der Waals surface area contributed by atoms with Crippen molar-refractivity contribution >= 4 is 23.2 Å². The summed E-state index contributed by atoms with van der Waals surface area (Å²) in [5.41, 5.74) is 1.30. The highest BCUT2D eigenvalue weighted by Gasteiger charge is 2.29. The summed E-state index contributed by atoms with van der Waals surface area (Å²) in [6.45, 7) is 11.2. The predicted octanol–water partition coefficient (Wildman–Crippen LogP) is 6.63. The third-order valence-electron chi connectivity index (χ3n) is 5.31. The minimum atomic E-state index is 0.267. The van der Waals surface area contributed by atoms with Crippen molar-refractivity contribution < 1.29 is 9.47 Å². The molecule has 1 fully saturated rings. The molecule has 0 N–H and O–H groups in total. The maximum Gasteiger partial charge on any atom is 0.120 e. The summed E-state index contributed by atoms with van der Waals surface area (Å²) in [6.07, 6.45) is 8.44. The van der Waals surface area contributed by atoms with E-state index in [0.717, 1.165) is 31.7 Å². The van der Waals surface area contributed by atoms with Crippen molar-refractivity contribution in [3.05, 3.63) is 39.9 Å². The Morgan fingerprint density at radius 1 is 1.21 bits per heavy atom. The number of allylic oxidation sites excluding steroid dienone is 1. The number of piperidine rings is 1. The Kier molecular flexibility index (Phi) is 10.7. The molecule has 1 aliphatic rings. The number of nitrogens with zero attached hydrogens (tertiary/aromatic N) is 1. The van der Waals surface area contributed by atoms with Crippen LogP contribution in [0, 0.1) is 5.92 Å². The molecule has 3 nitrogen and oxygen atoms in total. The van der Waals surface area contributed by atoms with Crippen molar-refractivity contribution in [2.45, 2.75) is 59.0 Å². The number of hydrogen-bond acceptors (Lipinski definition) is 3. The van der Waals surface area contributed by atoms with Gasteiger partial charge in [0.05, 0.1) is 29.4 Å². The summed E-state index contributed by atoms with van der Waals surface area (Å²) in [6, 6.07) is 5.43. The summed E-state index contributed by atoms with van der Waals surface area (Å²) < 4.78 is 12.2. The van der Waals surface area contributed by atoms with E-state index in [4.69, 9.17) is 32.7 Å². The minimum absolute atomic E-state index is 0.267. The van der Waals surface area contributed by atoms with Crippen LogP contribution in [0.25, 0.3) is 0 Å². The maximum absolute atomic E-state index is 6.27. The zero-order chi connectivity index (χ0) is 20.4. The molecule has 5 heteroatoms. The van der Waals surface area contributed by atoms with Crippen LogP contribution in [0.5, 0.6) is 5.75 Å². The first-order valence-electron chi connectivity index (χ1n) is 10.5. The predicted molar refractivity (Wildman–Crippen MR) is 120 cm³/mol. The summed E-state index contributed by atoms with van der Waals surface area (Å²) >= 11 is 12.0. The number of ether oxygens (including phenoxy) is 2. The fraction of sp³-hybridized carbons (Fsp3) is 0.652. The fourth-order valence-electron chi connectivity index (χ4n) is 3.57. The molecule has 2 atom stereocenters. The van der Waals surface area contributed by atoms with Crippen LogP contribution in [0.1, 0.15) is 52.9 Å². The summed E-state index contributed by atoms with van der Waals surface area (Å²) in [5, 5.41) is 1.08. The molecule has 0 aromatic heterocycles. The van der Waals surface area contributed by atoms with Crippen molar-refractivity contribution in [1.82, 2.24) is 4.90 Å². The number of rotatable bonds is 11. The molecule has 1 aromatic carbocycles. The number of hydrogen-bond donors (Lipinski definition) is 0. The Labute approximate surface area is 181 Å². The Morgan fingerprint density at radius 3 is 2.75 bits per heavy atom. The number of benzene rings is 1. The molecule has 1 aromatic rings. The van der Waals surface area contributed by atoms with Gasteiger partial charge in [-0.25, -0.2) is 0 Å². The summed E-state index contributed by atoms with van der Waals surface area (Å²) in [7, 11) is 0. The first-order valence-corrected chi connectivity index (χ1v) is 11.3. The van der Waals surface area contributed by atoms with Gasteiger partial charge in [-0.2, -0.15) is 0 Å². The summed E-state index contributed by atoms with van der Waals surface area (Å²) in [5.74, 6) is 1.30. The smallest absolute Gasteiger partial charge is 0.120 e. The second-order valence-corrected chi connectivity index (χ2v) is 8.74. The van der Waals surface area contributed by atoms with E-state index in [-0.39, 0.29) is 6.10 Å². The molecule has 0 amide bonds. The van der Waals surface area contributed by atoms with Gasteiger partial charge >= 0.3 is 0 Å². The average molecular weight is 428 g/mol. The van der Waals surface area contributed by atoms with Gasteiger partial charge in [0, 0.05) is 12.6 Å². The zero-order valence-corrected chi connectivity index (χ0v) is 19.1. The van der Waals surface area contributed by atoms with Crippen LogP contribution in [-0.4, -0.2) is 43.9 Å². The molecule has 1 heterocycles. The third-order valence-corrected chi connectivity index (χ3v) is 6.05. The molecule has 0 radical (unpaired) electrons. The highest BCUT2D eigenvalue weighted by atomic mass is 35.5. The Morgan fingerprint density at radius 2 is 2.04 bits per heavy atom. The van der Waals surface area contributed by atoms with Crippen molar-refractivity contribution in [3.8, 4) is 5.75 Å². The molecule has 0 aliphatic carbocycles. The minimum Gasteiger partial charge on any atom is -0.494 e. The Hall–Kier alpha value is -0.740. The quantitative estimate of drug-likeness (QED) is 0.292. The first kappa shape index (κ1) is 23.5. The lowest BCUT2D eigenvalue weighted by Gasteiger charge is -2.38. The van der Waals surface area contributed by atoms with E-state index in [1.807, 2.05) is 6.07 Å². The highest BCUT2D eigenvalue weighted by Crippen LogP contribution is 2.28. The van der Waals surface area contributed by atoms with E-state index in [2.05, 4.69) is 31.7 Å². The van der Waals surface area contributed by atoms with Gasteiger partial charge in [0.1, 0.15) is 5.75 Å². The van der Waals surface area contributed by atoms with Crippen LogP contribution in [-0.2, 0) is 4.74 Å². The SMILES string of the molecule is CCCCCN1CC[C@@H](CCOc2ccc(Cl)c(Cl)c2)[C@@H](OCC=C(C)C)C1. The van der Waals surface area contributed by atoms with Crippen LogP contribution in [0.3, 0.4) is 0 Å². The van der Waals surface area contributed by atoms with Crippen LogP contribution >= 0.6 is 23.2 Å². The van der Waals surface area contributed by atoms with Gasteiger partial charge in [-0.15, -0.1) is 0 Å². The van der Waals surface area contributed by atoms with E-state index in [1.54, 1.807) is 12.1 Å². The van der Waals surface area contributed by atoms with E-state index in [0.29, 0.717) is 29.2 Å². The van der Waals surface area contributed by atoms with Gasteiger partial charge in [0.25, 0.3) is 0 Å². The monoisotopic (exact) mass is 427 g/mol. The van der Waals surface area contributed by atoms with E-state index in [9.17, 15) is 0 Å². The molecule has 0 spiro atoms. The second kappa shape index (κ2) is 12.7. The molecule has 158 valence electrons. The number of likely N-dealkylation sites (tertiary alicyclic amines) is 1. The van der Waals surface area contributed by atoms with Gasteiger partial charge in [-0.05, 0) is 64.3 Å². The first-order chi connectivity index (χ1) is 13.5. The van der Waals surface area contributed by atoms with Crippen LogP contribution in [0.4, 0.5) is 0 Å². The van der Waals surface area contributed by atoms with Gasteiger partial charge in [-0.3, -0.25) is 0 Å². The molecular formula is C23H35Cl2NO2. The molecule has 1 aliphatic heterocycles. The lowest BCUT2D eigenvalue weighted by atomic mass is 9.90. The van der Waals surface area contributed by atoms with E-state index >= 15 is 0 Å². The van der Waals surface area contributed by atoms with E-state index < -0.39 is 0 Å². The fourth-order valence-corrected chi connectivity index (χ4v) is 3.86.